The van der Waals surface area contributed by atoms with Crippen LogP contribution in [0.25, 0.3) is 0 Å². The number of likely N-dealkylation sites (N-methyl/N-ethyl adjacent to an activating group) is 1. The molecule has 1 rings (SSSR count). The van der Waals surface area contributed by atoms with E-state index >= 15 is 0 Å². The van der Waals surface area contributed by atoms with E-state index in [0.29, 0.717) is 12.8 Å². The molecular weight excluding hydrogens is 759 g/mol. The molecule has 8 heteroatoms. The van der Waals surface area contributed by atoms with Gasteiger partial charge in [0, 0.05) is 38.6 Å². The first-order valence-corrected chi connectivity index (χ1v) is 26.8. The van der Waals surface area contributed by atoms with Crippen molar-refractivity contribution in [2.45, 2.75) is 284 Å². The first kappa shape index (κ1) is 57.2. The number of esters is 2. The molecule has 0 saturated heterocycles. The van der Waals surface area contributed by atoms with E-state index in [9.17, 15) is 14.7 Å². The summed E-state index contributed by atoms with van der Waals surface area (Å²) >= 11 is 0. The van der Waals surface area contributed by atoms with E-state index in [1.54, 1.807) is 0 Å². The third-order valence-electron chi connectivity index (χ3n) is 13.0. The Kier molecular flexibility index (Phi) is 39.6. The number of rotatable bonds is 47. The normalized spacial score (nSPS) is 14.5. The van der Waals surface area contributed by atoms with E-state index in [1.807, 2.05) is 7.05 Å². The molecule has 2 atom stereocenters. The van der Waals surface area contributed by atoms with Crippen molar-refractivity contribution in [2.75, 3.05) is 33.2 Å². The van der Waals surface area contributed by atoms with Crippen molar-refractivity contribution < 1.29 is 24.2 Å². The Morgan fingerprint density at radius 3 is 1.34 bits per heavy atom. The molecule has 1 aliphatic carbocycles. The van der Waals surface area contributed by atoms with Gasteiger partial charge in [0.1, 0.15) is 18.3 Å². The highest BCUT2D eigenvalue weighted by atomic mass is 16.5. The number of nitrogens with zero attached hydrogens (tertiary/aromatic N) is 1. The second-order valence-electron chi connectivity index (χ2n) is 18.7. The van der Waals surface area contributed by atoms with Crippen molar-refractivity contribution in [2.24, 2.45) is 0 Å². The number of hydrogen-bond donors (Lipinski definition) is 3. The summed E-state index contributed by atoms with van der Waals surface area (Å²) in [6.07, 6.45) is 42.3. The van der Waals surface area contributed by atoms with E-state index in [2.05, 4.69) is 43.2 Å². The number of unbranched alkanes of at least 4 members (excludes halogenated alkanes) is 24. The molecule has 8 nitrogen and oxygen atoms in total. The summed E-state index contributed by atoms with van der Waals surface area (Å²) in [5.41, 5.74) is 2.10. The minimum Gasteiger partial charge on any atom is -0.462 e. The summed E-state index contributed by atoms with van der Waals surface area (Å²) in [6.45, 7) is 13.3. The largest absolute Gasteiger partial charge is 0.462 e. The summed E-state index contributed by atoms with van der Waals surface area (Å²) in [5.74, 6) is 0.0232. The highest BCUT2D eigenvalue weighted by Gasteiger charge is 2.26. The van der Waals surface area contributed by atoms with Gasteiger partial charge in [0.05, 0.1) is 5.70 Å². The number of carbonyl (C=O) groups excluding carboxylic acids is 2. The third kappa shape index (κ3) is 33.4. The van der Waals surface area contributed by atoms with Gasteiger partial charge in [0.25, 0.3) is 0 Å². The highest BCUT2D eigenvalue weighted by molar-refractivity contribution is 5.69. The summed E-state index contributed by atoms with van der Waals surface area (Å²) in [4.78, 5) is 28.1. The van der Waals surface area contributed by atoms with Crippen LogP contribution >= 0.6 is 0 Å². The fraction of sp³-hybridized carbons (Fsp3) is 0.925. The Labute approximate surface area is 378 Å². The molecule has 0 radical (unpaired) electrons. The molecule has 0 aliphatic heterocycles. The Bertz CT molecular complexity index is 1020. The van der Waals surface area contributed by atoms with Crippen LogP contribution < -0.4 is 10.6 Å². The molecule has 0 saturated carbocycles. The van der Waals surface area contributed by atoms with Gasteiger partial charge in [-0.2, -0.15) is 0 Å². The topological polar surface area (TPSA) is 100 Å². The first-order valence-electron chi connectivity index (χ1n) is 26.8. The van der Waals surface area contributed by atoms with E-state index in [4.69, 9.17) is 9.47 Å². The smallest absolute Gasteiger partial charge is 0.306 e. The van der Waals surface area contributed by atoms with Crippen LogP contribution in [0.15, 0.2) is 11.4 Å². The number of hydrogen-bond acceptors (Lipinski definition) is 8. The van der Waals surface area contributed by atoms with Gasteiger partial charge in [-0.3, -0.25) is 9.59 Å². The van der Waals surface area contributed by atoms with Gasteiger partial charge in [-0.15, -0.1) is 0 Å². The summed E-state index contributed by atoms with van der Waals surface area (Å²) < 4.78 is 11.9. The van der Waals surface area contributed by atoms with Gasteiger partial charge in [-0.1, -0.05) is 163 Å². The first-order chi connectivity index (χ1) is 29.9. The van der Waals surface area contributed by atoms with E-state index in [0.717, 1.165) is 108 Å². The molecule has 0 fully saturated rings. The lowest BCUT2D eigenvalue weighted by molar-refractivity contribution is -0.150. The molecule has 1 aliphatic rings. The minimum atomic E-state index is -0.342. The Morgan fingerprint density at radius 2 is 0.918 bits per heavy atom. The maximum atomic E-state index is 12.9. The zero-order valence-electron chi connectivity index (χ0n) is 41.3. The molecule has 0 heterocycles. The molecule has 0 aromatic heterocycles. The molecule has 0 aromatic rings. The van der Waals surface area contributed by atoms with Gasteiger partial charge in [0.2, 0.25) is 0 Å². The highest BCUT2D eigenvalue weighted by Crippen LogP contribution is 2.24. The van der Waals surface area contributed by atoms with E-state index in [1.165, 1.54) is 154 Å². The molecular formula is C53H103N3O5. The number of aliphatic hydroxyl groups excluding tert-OH is 1. The SMILES string of the molecule is CCCCCCCCC(CC)OC(=O)CCCCCCCN(CCCCCCCC(=O)OC(CCCCCCCC)CCCCCCCC)CCCCNC1=C(NC)C(O)C1. The molecule has 2 unspecified atom stereocenters. The number of nitrogens with one attached hydrogen (secondary N) is 2. The van der Waals surface area contributed by atoms with Gasteiger partial charge in [0.15, 0.2) is 0 Å². The molecule has 0 spiro atoms. The summed E-state index contributed by atoms with van der Waals surface area (Å²) in [5, 5.41) is 16.6. The Hall–Kier alpha value is -1.80. The Morgan fingerprint density at radius 1 is 0.541 bits per heavy atom. The summed E-state index contributed by atoms with van der Waals surface area (Å²) in [6, 6.07) is 0. The fourth-order valence-corrected chi connectivity index (χ4v) is 8.82. The lowest BCUT2D eigenvalue weighted by atomic mass is 9.97. The quantitative estimate of drug-likeness (QED) is 0.0411. The van der Waals surface area contributed by atoms with Crippen LogP contribution in [0.4, 0.5) is 0 Å². The van der Waals surface area contributed by atoms with Crippen molar-refractivity contribution >= 4 is 11.9 Å². The van der Waals surface area contributed by atoms with Crippen LogP contribution in [0.3, 0.4) is 0 Å². The standard InChI is InChI=1S/C53H103N3O5/c1-6-10-13-16-21-28-37-47(9-4)60-51(58)40-31-24-19-26-34-43-56(45-36-33-42-55-49-46-50(57)53(49)54-5)44-35-27-20-25-32-41-52(59)61-48(38-29-22-17-14-11-7-2)39-30-23-18-15-12-8-3/h47-48,50,54-55,57H,6-46H2,1-5H3. The average Bonchev–Trinajstić information content (AvgIpc) is 3.25. The van der Waals surface area contributed by atoms with Crippen molar-refractivity contribution in [3.8, 4) is 0 Å². The molecule has 0 amide bonds. The van der Waals surface area contributed by atoms with Crippen LogP contribution in [0, 0.1) is 0 Å². The van der Waals surface area contributed by atoms with Crippen molar-refractivity contribution in [1.29, 1.82) is 0 Å². The van der Waals surface area contributed by atoms with Crippen LogP contribution in [0.5, 0.6) is 0 Å². The fourth-order valence-electron chi connectivity index (χ4n) is 8.82. The maximum Gasteiger partial charge on any atom is 0.306 e. The third-order valence-corrected chi connectivity index (χ3v) is 13.0. The maximum absolute atomic E-state index is 12.9. The lowest BCUT2D eigenvalue weighted by Gasteiger charge is -2.30. The molecule has 0 aromatic carbocycles. The van der Waals surface area contributed by atoms with Crippen LogP contribution in [0.1, 0.15) is 265 Å². The monoisotopic (exact) mass is 862 g/mol. The van der Waals surface area contributed by atoms with E-state index in [-0.39, 0.29) is 30.3 Å². The van der Waals surface area contributed by atoms with Crippen LogP contribution in [0.2, 0.25) is 0 Å². The van der Waals surface area contributed by atoms with E-state index < -0.39 is 0 Å². The summed E-state index contributed by atoms with van der Waals surface area (Å²) in [7, 11) is 1.88. The number of carbonyl (C=O) groups is 2. The lowest BCUT2D eigenvalue weighted by Crippen LogP contribution is -2.38. The Balaban J connectivity index is 2.37. The number of ether oxygens (including phenoxy) is 2. The van der Waals surface area contributed by atoms with Gasteiger partial charge in [-0.25, -0.2) is 0 Å². The second kappa shape index (κ2) is 42.2. The van der Waals surface area contributed by atoms with Crippen LogP contribution in [-0.2, 0) is 19.1 Å². The minimum absolute atomic E-state index is 0.00312. The molecule has 61 heavy (non-hydrogen) atoms. The average molecular weight is 862 g/mol. The molecule has 0 bridgehead atoms. The predicted octanol–water partition coefficient (Wildman–Crippen LogP) is 14.0. The van der Waals surface area contributed by atoms with Crippen molar-refractivity contribution in [3.05, 3.63) is 11.4 Å². The zero-order valence-corrected chi connectivity index (χ0v) is 41.3. The van der Waals surface area contributed by atoms with Crippen molar-refractivity contribution in [1.82, 2.24) is 15.5 Å². The van der Waals surface area contributed by atoms with Crippen molar-refractivity contribution in [3.63, 3.8) is 0 Å². The zero-order chi connectivity index (χ0) is 44.4. The second-order valence-corrected chi connectivity index (χ2v) is 18.7. The van der Waals surface area contributed by atoms with Gasteiger partial charge < -0.3 is 30.1 Å². The van der Waals surface area contributed by atoms with Crippen LogP contribution in [-0.4, -0.2) is 73.5 Å². The predicted molar refractivity (Wildman–Crippen MR) is 260 cm³/mol. The van der Waals surface area contributed by atoms with Gasteiger partial charge in [-0.05, 0) is 103 Å². The molecule has 3 N–H and O–H groups in total. The molecule has 360 valence electrons. The number of aliphatic hydroxyl groups is 1. The van der Waals surface area contributed by atoms with Gasteiger partial charge >= 0.3 is 11.9 Å².